The van der Waals surface area contributed by atoms with Gasteiger partial charge in [-0.3, -0.25) is 14.5 Å². The minimum absolute atomic E-state index is 0.0133. The van der Waals surface area contributed by atoms with Gasteiger partial charge in [0.1, 0.15) is 6.54 Å². The van der Waals surface area contributed by atoms with Gasteiger partial charge in [0.05, 0.1) is 7.11 Å². The van der Waals surface area contributed by atoms with Gasteiger partial charge < -0.3 is 9.64 Å². The summed E-state index contributed by atoms with van der Waals surface area (Å²) >= 11 is 0. The number of carbonyl (C=O) groups is 2. The fraction of sp³-hybridized carbons (Fsp3) is 0.600. The van der Waals surface area contributed by atoms with Crippen LogP contribution in [0.4, 0.5) is 0 Å². The number of nitrogens with zero attached hydrogens (tertiary/aromatic N) is 2. The molecule has 5 nitrogen and oxygen atoms in total. The van der Waals surface area contributed by atoms with Crippen molar-refractivity contribution in [3.8, 4) is 0 Å². The molecule has 2 fully saturated rings. The summed E-state index contributed by atoms with van der Waals surface area (Å²) in [4.78, 5) is 27.9. The lowest BCUT2D eigenvalue weighted by molar-refractivity contribution is -0.145. The molecule has 0 aromatic heterocycles. The standard InChI is InChI=1S/C20H28N2O3/c1-21(2)20(16-7-5-4-6-8-16)11-9-19(10-12-20)13-17(23)22(15-19)14-18(24)25-3/h4-8H,9-15H2,1-3H3/t19-,20+. The van der Waals surface area contributed by atoms with Gasteiger partial charge in [-0.1, -0.05) is 30.3 Å². The van der Waals surface area contributed by atoms with E-state index in [-0.39, 0.29) is 29.4 Å². The molecule has 1 aliphatic heterocycles. The van der Waals surface area contributed by atoms with E-state index in [1.165, 1.54) is 12.7 Å². The van der Waals surface area contributed by atoms with Crippen molar-refractivity contribution in [3.05, 3.63) is 35.9 Å². The van der Waals surface area contributed by atoms with Crippen LogP contribution in [0.3, 0.4) is 0 Å². The van der Waals surface area contributed by atoms with Crippen LogP contribution in [0, 0.1) is 5.41 Å². The van der Waals surface area contributed by atoms with E-state index in [0.29, 0.717) is 13.0 Å². The molecule has 0 unspecified atom stereocenters. The SMILES string of the molecule is COC(=O)CN1C[C@]2(CC[C@@](c3ccccc3)(N(C)C)CC2)CC1=O. The topological polar surface area (TPSA) is 49.9 Å². The molecule has 1 saturated carbocycles. The number of rotatable bonds is 4. The van der Waals surface area contributed by atoms with Crippen molar-refractivity contribution in [3.63, 3.8) is 0 Å². The lowest BCUT2D eigenvalue weighted by Gasteiger charge is -2.48. The first kappa shape index (κ1) is 17.9. The van der Waals surface area contributed by atoms with E-state index in [9.17, 15) is 9.59 Å². The Hall–Kier alpha value is -1.88. The molecule has 1 saturated heterocycles. The molecule has 1 aromatic rings. The zero-order chi connectivity index (χ0) is 18.1. The largest absolute Gasteiger partial charge is 0.468 e. The maximum absolute atomic E-state index is 12.4. The summed E-state index contributed by atoms with van der Waals surface area (Å²) in [6, 6.07) is 10.7. The van der Waals surface area contributed by atoms with Gasteiger partial charge in [-0.15, -0.1) is 0 Å². The average molecular weight is 344 g/mol. The Morgan fingerprint density at radius 2 is 1.80 bits per heavy atom. The normalized spacial score (nSPS) is 29.4. The zero-order valence-electron chi connectivity index (χ0n) is 15.5. The first-order valence-electron chi connectivity index (χ1n) is 8.98. The van der Waals surface area contributed by atoms with Crippen molar-refractivity contribution >= 4 is 11.9 Å². The Morgan fingerprint density at radius 3 is 2.36 bits per heavy atom. The van der Waals surface area contributed by atoms with Crippen LogP contribution >= 0.6 is 0 Å². The Morgan fingerprint density at radius 1 is 1.16 bits per heavy atom. The van der Waals surface area contributed by atoms with E-state index in [4.69, 9.17) is 4.74 Å². The van der Waals surface area contributed by atoms with Crippen LogP contribution in [0.15, 0.2) is 30.3 Å². The number of amides is 1. The molecular weight excluding hydrogens is 316 g/mol. The van der Waals surface area contributed by atoms with Crippen LogP contribution in [0.25, 0.3) is 0 Å². The number of benzene rings is 1. The van der Waals surface area contributed by atoms with E-state index in [1.54, 1.807) is 4.90 Å². The first-order valence-corrected chi connectivity index (χ1v) is 8.98. The molecule has 25 heavy (non-hydrogen) atoms. The summed E-state index contributed by atoms with van der Waals surface area (Å²) in [6.45, 7) is 0.758. The smallest absolute Gasteiger partial charge is 0.325 e. The van der Waals surface area contributed by atoms with E-state index in [1.807, 2.05) is 0 Å². The lowest BCUT2D eigenvalue weighted by atomic mass is 9.64. The summed E-state index contributed by atoms with van der Waals surface area (Å²) in [5.41, 5.74) is 1.40. The van der Waals surface area contributed by atoms with Crippen LogP contribution in [-0.4, -0.2) is 56.0 Å². The third kappa shape index (κ3) is 3.30. The molecule has 136 valence electrons. The summed E-state index contributed by atoms with van der Waals surface area (Å²) in [5.74, 6) is -0.254. The Labute approximate surface area is 149 Å². The van der Waals surface area contributed by atoms with Gasteiger partial charge >= 0.3 is 5.97 Å². The number of carbonyl (C=O) groups excluding carboxylic acids is 2. The monoisotopic (exact) mass is 344 g/mol. The molecule has 0 N–H and O–H groups in total. The first-order chi connectivity index (χ1) is 11.9. The maximum atomic E-state index is 12.4. The number of hydrogen-bond donors (Lipinski definition) is 0. The Balaban J connectivity index is 1.74. The molecule has 1 aromatic carbocycles. The molecule has 0 bridgehead atoms. The molecule has 0 atom stereocenters. The van der Waals surface area contributed by atoms with Gasteiger partial charge in [-0.2, -0.15) is 0 Å². The summed E-state index contributed by atoms with van der Waals surface area (Å²) < 4.78 is 4.72. The number of methoxy groups -OCH3 is 1. The average Bonchev–Trinajstić information content (AvgIpc) is 2.91. The van der Waals surface area contributed by atoms with E-state index >= 15 is 0 Å². The fourth-order valence-corrected chi connectivity index (χ4v) is 4.62. The molecule has 5 heteroatoms. The summed E-state index contributed by atoms with van der Waals surface area (Å²) in [5, 5.41) is 0. The highest BCUT2D eigenvalue weighted by atomic mass is 16.5. The van der Waals surface area contributed by atoms with Crippen molar-refractivity contribution in [1.82, 2.24) is 9.80 Å². The van der Waals surface area contributed by atoms with E-state index in [0.717, 1.165) is 25.7 Å². The second kappa shape index (κ2) is 6.79. The lowest BCUT2D eigenvalue weighted by Crippen LogP contribution is -2.47. The quantitative estimate of drug-likeness (QED) is 0.787. The minimum atomic E-state index is -0.340. The summed E-state index contributed by atoms with van der Waals surface area (Å²) in [6.07, 6.45) is 4.63. The predicted molar refractivity (Wildman–Crippen MR) is 95.9 cm³/mol. The zero-order valence-corrected chi connectivity index (χ0v) is 15.5. The van der Waals surface area contributed by atoms with Crippen molar-refractivity contribution < 1.29 is 14.3 Å². The molecule has 1 amide bonds. The predicted octanol–water partition coefficient (Wildman–Crippen LogP) is 2.41. The van der Waals surface area contributed by atoms with Crippen molar-refractivity contribution in [1.29, 1.82) is 0 Å². The number of ether oxygens (including phenoxy) is 1. The van der Waals surface area contributed by atoms with Gasteiger partial charge in [0.15, 0.2) is 0 Å². The van der Waals surface area contributed by atoms with Gasteiger partial charge in [0.2, 0.25) is 5.91 Å². The van der Waals surface area contributed by atoms with Crippen LogP contribution in [0.5, 0.6) is 0 Å². The highest BCUT2D eigenvalue weighted by Crippen LogP contribution is 2.51. The number of likely N-dealkylation sites (tertiary alicyclic amines) is 1. The highest BCUT2D eigenvalue weighted by Gasteiger charge is 2.50. The van der Waals surface area contributed by atoms with Crippen LogP contribution in [0.2, 0.25) is 0 Å². The van der Waals surface area contributed by atoms with E-state index in [2.05, 4.69) is 49.3 Å². The van der Waals surface area contributed by atoms with Gasteiger partial charge in [0.25, 0.3) is 0 Å². The van der Waals surface area contributed by atoms with Gasteiger partial charge in [0, 0.05) is 18.5 Å². The number of hydrogen-bond acceptors (Lipinski definition) is 4. The third-order valence-corrected chi connectivity index (χ3v) is 6.26. The van der Waals surface area contributed by atoms with Gasteiger partial charge in [-0.25, -0.2) is 0 Å². The maximum Gasteiger partial charge on any atom is 0.325 e. The van der Waals surface area contributed by atoms with Crippen molar-refractivity contribution in [2.45, 2.75) is 37.6 Å². The third-order valence-electron chi connectivity index (χ3n) is 6.26. The minimum Gasteiger partial charge on any atom is -0.468 e. The molecule has 2 aliphatic rings. The van der Waals surface area contributed by atoms with Crippen molar-refractivity contribution in [2.24, 2.45) is 5.41 Å². The molecule has 3 rings (SSSR count). The molecular formula is C20H28N2O3. The van der Waals surface area contributed by atoms with Crippen LogP contribution < -0.4 is 0 Å². The second-order valence-corrected chi connectivity index (χ2v) is 7.79. The van der Waals surface area contributed by atoms with Gasteiger partial charge in [-0.05, 0) is 50.8 Å². The second-order valence-electron chi connectivity index (χ2n) is 7.79. The molecule has 0 radical (unpaired) electrons. The fourth-order valence-electron chi connectivity index (χ4n) is 4.62. The van der Waals surface area contributed by atoms with Crippen LogP contribution in [-0.2, 0) is 19.9 Å². The highest BCUT2D eigenvalue weighted by molar-refractivity contribution is 5.84. The molecule has 1 spiro atoms. The van der Waals surface area contributed by atoms with Crippen LogP contribution in [0.1, 0.15) is 37.7 Å². The summed E-state index contributed by atoms with van der Waals surface area (Å²) in [7, 11) is 5.66. The molecule has 1 aliphatic carbocycles. The Bertz CT molecular complexity index is 634. The number of esters is 1. The Kier molecular flexibility index (Phi) is 4.87. The molecule has 1 heterocycles. The van der Waals surface area contributed by atoms with Crippen molar-refractivity contribution in [2.75, 3.05) is 34.3 Å². The van der Waals surface area contributed by atoms with E-state index < -0.39 is 0 Å².